The van der Waals surface area contributed by atoms with Gasteiger partial charge in [-0.2, -0.15) is 5.26 Å². The highest BCUT2D eigenvalue weighted by molar-refractivity contribution is 6.56. The molecule has 0 fully saturated rings. The summed E-state index contributed by atoms with van der Waals surface area (Å²) in [6, 6.07) is 5.68. The lowest BCUT2D eigenvalue weighted by Gasteiger charge is -2.13. The van der Waals surface area contributed by atoms with Crippen molar-refractivity contribution in [3.05, 3.63) is 54.7 Å². The van der Waals surface area contributed by atoms with Crippen LogP contribution in [0.15, 0.2) is 18.2 Å². The second-order valence-electron chi connectivity index (χ2n) is 3.75. The SMILES string of the molecule is N#Cc1ccc(F)c(-c2c(Cl)c(Cl)c(Cl)c(Cl)c2Cl)c1. The van der Waals surface area contributed by atoms with E-state index in [9.17, 15) is 4.39 Å². The van der Waals surface area contributed by atoms with Crippen molar-refractivity contribution < 1.29 is 4.39 Å². The van der Waals surface area contributed by atoms with Gasteiger partial charge in [0.1, 0.15) is 5.82 Å². The van der Waals surface area contributed by atoms with E-state index in [2.05, 4.69) is 0 Å². The Labute approximate surface area is 139 Å². The fraction of sp³-hybridized carbons (Fsp3) is 0. The molecule has 0 saturated heterocycles. The van der Waals surface area contributed by atoms with Gasteiger partial charge < -0.3 is 0 Å². The Balaban J connectivity index is 2.87. The molecule has 0 N–H and O–H groups in total. The lowest BCUT2D eigenvalue weighted by atomic mass is 10.0. The fourth-order valence-corrected chi connectivity index (χ4v) is 2.97. The molecule has 0 heterocycles. The largest absolute Gasteiger partial charge is 0.206 e. The van der Waals surface area contributed by atoms with Gasteiger partial charge in [0, 0.05) is 11.1 Å². The molecule has 0 aliphatic rings. The Hall–Kier alpha value is -0.690. The number of nitrogens with zero attached hydrogens (tertiary/aromatic N) is 1. The molecule has 7 heteroatoms. The average Bonchev–Trinajstić information content (AvgIpc) is 2.45. The Bertz CT molecular complexity index is 722. The first-order valence-corrected chi connectivity index (χ1v) is 6.99. The van der Waals surface area contributed by atoms with Gasteiger partial charge in [-0.05, 0) is 18.2 Å². The van der Waals surface area contributed by atoms with Crippen molar-refractivity contribution in [2.75, 3.05) is 0 Å². The van der Waals surface area contributed by atoms with Crippen LogP contribution in [0.25, 0.3) is 11.1 Å². The minimum Gasteiger partial charge on any atom is -0.206 e. The molecule has 20 heavy (non-hydrogen) atoms. The van der Waals surface area contributed by atoms with Crippen LogP contribution >= 0.6 is 58.0 Å². The van der Waals surface area contributed by atoms with Crippen LogP contribution in [-0.4, -0.2) is 0 Å². The van der Waals surface area contributed by atoms with E-state index in [1.54, 1.807) is 0 Å². The molecule has 102 valence electrons. The monoisotopic (exact) mass is 367 g/mol. The number of hydrogen-bond acceptors (Lipinski definition) is 1. The fourth-order valence-electron chi connectivity index (χ4n) is 1.63. The molecule has 0 aromatic heterocycles. The van der Waals surface area contributed by atoms with Crippen LogP contribution in [0.5, 0.6) is 0 Å². The summed E-state index contributed by atoms with van der Waals surface area (Å²) in [5.41, 5.74) is 0.373. The topological polar surface area (TPSA) is 23.8 Å². The van der Waals surface area contributed by atoms with Crippen LogP contribution in [0, 0.1) is 17.1 Å². The lowest BCUT2D eigenvalue weighted by molar-refractivity contribution is 0.631. The van der Waals surface area contributed by atoms with Crippen molar-refractivity contribution in [1.29, 1.82) is 5.26 Å². The van der Waals surface area contributed by atoms with E-state index in [0.717, 1.165) is 6.07 Å². The van der Waals surface area contributed by atoms with Crippen molar-refractivity contribution in [3.63, 3.8) is 0 Å². The second-order valence-corrected chi connectivity index (χ2v) is 5.64. The number of halogens is 6. The summed E-state index contributed by atoms with van der Waals surface area (Å²) in [6.45, 7) is 0. The third-order valence-electron chi connectivity index (χ3n) is 2.57. The predicted molar refractivity (Wildman–Crippen MR) is 81.6 cm³/mol. The first-order valence-electron chi connectivity index (χ1n) is 5.10. The van der Waals surface area contributed by atoms with Crippen LogP contribution in [0.4, 0.5) is 4.39 Å². The average molecular weight is 369 g/mol. The van der Waals surface area contributed by atoms with Gasteiger partial charge in [0.15, 0.2) is 0 Å². The summed E-state index contributed by atoms with van der Waals surface area (Å²) in [5.74, 6) is -0.609. The maximum absolute atomic E-state index is 14.0. The lowest BCUT2D eigenvalue weighted by Crippen LogP contribution is -1.91. The minimum absolute atomic E-state index is 0.0103. The number of nitriles is 1. The summed E-state index contributed by atoms with van der Waals surface area (Å²) in [7, 11) is 0. The molecule has 0 saturated carbocycles. The van der Waals surface area contributed by atoms with Crippen LogP contribution in [0.2, 0.25) is 25.1 Å². The number of rotatable bonds is 1. The Morgan fingerprint density at radius 2 is 1.35 bits per heavy atom. The normalized spacial score (nSPS) is 10.4. The van der Waals surface area contributed by atoms with E-state index in [-0.39, 0.29) is 41.8 Å². The molecule has 0 unspecified atom stereocenters. The van der Waals surface area contributed by atoms with E-state index >= 15 is 0 Å². The van der Waals surface area contributed by atoms with E-state index in [0.29, 0.717) is 0 Å². The standard InChI is InChI=1S/C13H3Cl5FN/c14-9-8(10(15)12(17)13(18)11(9)16)6-3-5(4-20)1-2-7(6)19/h1-3H. The molecule has 2 rings (SSSR count). The zero-order chi connectivity index (χ0) is 15.0. The van der Waals surface area contributed by atoms with Crippen LogP contribution < -0.4 is 0 Å². The minimum atomic E-state index is -0.609. The van der Waals surface area contributed by atoms with Gasteiger partial charge in [-0.1, -0.05) is 58.0 Å². The maximum atomic E-state index is 14.0. The summed E-state index contributed by atoms with van der Waals surface area (Å²) in [5, 5.41) is 8.76. The van der Waals surface area contributed by atoms with Gasteiger partial charge >= 0.3 is 0 Å². The van der Waals surface area contributed by atoms with Crippen molar-refractivity contribution in [2.45, 2.75) is 0 Å². The van der Waals surface area contributed by atoms with Gasteiger partial charge in [-0.3, -0.25) is 0 Å². The van der Waals surface area contributed by atoms with E-state index in [1.807, 2.05) is 6.07 Å². The third kappa shape index (κ3) is 2.57. The Kier molecular flexibility index (Phi) is 4.69. The molecule has 0 radical (unpaired) electrons. The molecule has 0 atom stereocenters. The van der Waals surface area contributed by atoms with E-state index in [4.69, 9.17) is 63.3 Å². The summed E-state index contributed by atoms with van der Waals surface area (Å²) in [4.78, 5) is 0. The van der Waals surface area contributed by atoms with Crippen molar-refractivity contribution >= 4 is 58.0 Å². The van der Waals surface area contributed by atoms with Gasteiger partial charge in [0.2, 0.25) is 0 Å². The quantitative estimate of drug-likeness (QED) is 0.409. The number of benzene rings is 2. The second kappa shape index (κ2) is 5.97. The summed E-state index contributed by atoms with van der Waals surface area (Å²) >= 11 is 29.9. The Morgan fingerprint density at radius 3 is 1.85 bits per heavy atom. The highest BCUT2D eigenvalue weighted by atomic mass is 35.5. The van der Waals surface area contributed by atoms with Crippen LogP contribution in [-0.2, 0) is 0 Å². The number of hydrogen-bond donors (Lipinski definition) is 0. The molecule has 2 aromatic carbocycles. The van der Waals surface area contributed by atoms with Crippen LogP contribution in [0.3, 0.4) is 0 Å². The molecule has 0 aliphatic carbocycles. The summed E-state index contributed by atoms with van der Waals surface area (Å²) in [6.07, 6.45) is 0. The molecular formula is C13H3Cl5FN. The zero-order valence-electron chi connectivity index (χ0n) is 9.45. The third-order valence-corrected chi connectivity index (χ3v) is 4.85. The van der Waals surface area contributed by atoms with Gasteiger partial charge in [-0.15, -0.1) is 0 Å². The molecule has 0 amide bonds. The molecule has 0 spiro atoms. The highest BCUT2D eigenvalue weighted by Crippen LogP contribution is 2.48. The van der Waals surface area contributed by atoms with Crippen LogP contribution in [0.1, 0.15) is 5.56 Å². The van der Waals surface area contributed by atoms with Crippen molar-refractivity contribution in [3.8, 4) is 17.2 Å². The van der Waals surface area contributed by atoms with Gasteiger partial charge in [0.25, 0.3) is 0 Å². The van der Waals surface area contributed by atoms with Crippen molar-refractivity contribution in [1.82, 2.24) is 0 Å². The van der Waals surface area contributed by atoms with Gasteiger partial charge in [-0.25, -0.2) is 4.39 Å². The summed E-state index contributed by atoms with van der Waals surface area (Å²) < 4.78 is 14.0. The molecule has 1 nitrogen and oxygen atoms in total. The molecule has 0 aliphatic heterocycles. The smallest absolute Gasteiger partial charge is 0.131 e. The Morgan fingerprint density at radius 1 is 0.850 bits per heavy atom. The van der Waals surface area contributed by atoms with Crippen molar-refractivity contribution in [2.24, 2.45) is 0 Å². The predicted octanol–water partition coefficient (Wildman–Crippen LogP) is 6.63. The first-order chi connectivity index (χ1) is 9.38. The van der Waals surface area contributed by atoms with Gasteiger partial charge in [0.05, 0.1) is 36.7 Å². The molecular weight excluding hydrogens is 366 g/mol. The molecule has 2 aromatic rings. The highest BCUT2D eigenvalue weighted by Gasteiger charge is 2.22. The van der Waals surface area contributed by atoms with E-state index in [1.165, 1.54) is 12.1 Å². The maximum Gasteiger partial charge on any atom is 0.131 e. The first kappa shape index (κ1) is 15.7. The van der Waals surface area contributed by atoms with E-state index < -0.39 is 5.82 Å². The zero-order valence-corrected chi connectivity index (χ0v) is 13.2. The molecule has 0 bridgehead atoms.